The molecule has 1 heterocycles. The number of hydrogen-bond acceptors (Lipinski definition) is 3. The van der Waals surface area contributed by atoms with Crippen LogP contribution >= 0.6 is 11.6 Å². The average Bonchev–Trinajstić information content (AvgIpc) is 2.62. The number of carbonyl (C=O) groups is 1. The molecule has 3 rings (SSSR count). The Kier molecular flexibility index (Phi) is 5.73. The van der Waals surface area contributed by atoms with E-state index in [-0.39, 0.29) is 26.9 Å². The van der Waals surface area contributed by atoms with Crippen LogP contribution in [-0.2, 0) is 10.0 Å². The van der Waals surface area contributed by atoms with Crippen LogP contribution in [0, 0.1) is 12.3 Å². The number of carbonyl (C=O) groups excluding carboxylic acids is 1. The van der Waals surface area contributed by atoms with Gasteiger partial charge in [-0.2, -0.15) is 0 Å². The molecule has 1 saturated heterocycles. The van der Waals surface area contributed by atoms with Crippen LogP contribution in [-0.4, -0.2) is 32.3 Å². The highest BCUT2D eigenvalue weighted by atomic mass is 35.5. The molecule has 1 amide bonds. The predicted octanol–water partition coefficient (Wildman–Crippen LogP) is 4.71. The number of piperidine rings is 1. The van der Waals surface area contributed by atoms with E-state index in [1.807, 2.05) is 11.8 Å². The van der Waals surface area contributed by atoms with Gasteiger partial charge >= 0.3 is 0 Å². The molecule has 150 valence electrons. The SMILES string of the molecule is Cc1ccc(S(=O)(=O)Nc2ccc(C(=O)N3CCCC(C)(C)C3)cc2Cl)cc1. The van der Waals surface area contributed by atoms with Crippen molar-refractivity contribution in [2.24, 2.45) is 5.41 Å². The van der Waals surface area contributed by atoms with Gasteiger partial charge in [-0.3, -0.25) is 9.52 Å². The number of nitrogens with zero attached hydrogens (tertiary/aromatic N) is 1. The lowest BCUT2D eigenvalue weighted by atomic mass is 9.84. The second kappa shape index (κ2) is 7.76. The van der Waals surface area contributed by atoms with Crippen molar-refractivity contribution >= 4 is 33.2 Å². The molecule has 7 heteroatoms. The second-order valence-electron chi connectivity index (χ2n) is 8.11. The van der Waals surface area contributed by atoms with Crippen molar-refractivity contribution in [3.05, 3.63) is 58.6 Å². The van der Waals surface area contributed by atoms with E-state index in [0.717, 1.165) is 24.9 Å². The number of anilines is 1. The number of nitrogens with one attached hydrogen (secondary N) is 1. The standard InChI is InChI=1S/C21H25ClN2O3S/c1-15-5-8-17(9-6-15)28(26,27)23-19-10-7-16(13-18(19)22)20(25)24-12-4-11-21(2,3)14-24/h5-10,13,23H,4,11-12,14H2,1-3H3. The van der Waals surface area contributed by atoms with E-state index in [4.69, 9.17) is 11.6 Å². The molecule has 0 aromatic heterocycles. The highest BCUT2D eigenvalue weighted by Gasteiger charge is 2.29. The van der Waals surface area contributed by atoms with Crippen molar-refractivity contribution in [1.82, 2.24) is 4.90 Å². The Labute approximate surface area is 171 Å². The molecule has 1 N–H and O–H groups in total. The quantitative estimate of drug-likeness (QED) is 0.778. The van der Waals surface area contributed by atoms with E-state index >= 15 is 0 Å². The van der Waals surface area contributed by atoms with Crippen LogP contribution in [0.15, 0.2) is 47.4 Å². The van der Waals surface area contributed by atoms with Crippen LogP contribution in [0.1, 0.15) is 42.6 Å². The summed E-state index contributed by atoms with van der Waals surface area (Å²) in [5, 5.41) is 0.192. The Morgan fingerprint density at radius 1 is 1.14 bits per heavy atom. The van der Waals surface area contributed by atoms with E-state index < -0.39 is 10.0 Å². The number of sulfonamides is 1. The molecular weight excluding hydrogens is 396 g/mol. The molecule has 1 aliphatic rings. The lowest BCUT2D eigenvalue weighted by Crippen LogP contribution is -2.43. The summed E-state index contributed by atoms with van der Waals surface area (Å²) in [6.45, 7) is 7.62. The maximum absolute atomic E-state index is 12.8. The highest BCUT2D eigenvalue weighted by Crippen LogP contribution is 2.31. The van der Waals surface area contributed by atoms with Crippen LogP contribution in [0.3, 0.4) is 0 Å². The fourth-order valence-corrected chi connectivity index (χ4v) is 4.79. The molecule has 2 aromatic carbocycles. The Hall–Kier alpha value is -2.05. The number of halogens is 1. The maximum atomic E-state index is 12.8. The normalized spacial score (nSPS) is 16.6. The van der Waals surface area contributed by atoms with Crippen molar-refractivity contribution in [1.29, 1.82) is 0 Å². The van der Waals surface area contributed by atoms with Gasteiger partial charge in [0.25, 0.3) is 15.9 Å². The lowest BCUT2D eigenvalue weighted by Gasteiger charge is -2.38. The number of aryl methyl sites for hydroxylation is 1. The van der Waals surface area contributed by atoms with Crippen LogP contribution in [0.5, 0.6) is 0 Å². The Morgan fingerprint density at radius 2 is 1.82 bits per heavy atom. The summed E-state index contributed by atoms with van der Waals surface area (Å²) in [4.78, 5) is 14.8. The minimum absolute atomic E-state index is 0.0809. The fraction of sp³-hybridized carbons (Fsp3) is 0.381. The van der Waals surface area contributed by atoms with Crippen molar-refractivity contribution in [3.63, 3.8) is 0 Å². The Bertz CT molecular complexity index is 985. The largest absolute Gasteiger partial charge is 0.338 e. The zero-order chi connectivity index (χ0) is 20.5. The van der Waals surface area contributed by atoms with Crippen LogP contribution in [0.2, 0.25) is 5.02 Å². The third-order valence-electron chi connectivity index (χ3n) is 4.98. The summed E-state index contributed by atoms with van der Waals surface area (Å²) in [6, 6.07) is 11.2. The zero-order valence-corrected chi connectivity index (χ0v) is 17.9. The summed E-state index contributed by atoms with van der Waals surface area (Å²) >= 11 is 6.29. The van der Waals surface area contributed by atoms with Crippen molar-refractivity contribution < 1.29 is 13.2 Å². The number of rotatable bonds is 4. The molecule has 0 bridgehead atoms. The first-order valence-corrected chi connectivity index (χ1v) is 11.1. The molecule has 1 aliphatic heterocycles. The van der Waals surface area contributed by atoms with Gasteiger partial charge < -0.3 is 4.90 Å². The van der Waals surface area contributed by atoms with Gasteiger partial charge in [-0.1, -0.05) is 43.1 Å². The number of likely N-dealkylation sites (tertiary alicyclic amines) is 1. The van der Waals surface area contributed by atoms with E-state index in [1.54, 1.807) is 30.3 Å². The molecular formula is C21H25ClN2O3S. The molecule has 1 fully saturated rings. The molecule has 0 spiro atoms. The zero-order valence-electron chi connectivity index (χ0n) is 16.3. The summed E-state index contributed by atoms with van der Waals surface area (Å²) in [5.74, 6) is -0.0809. The topological polar surface area (TPSA) is 66.5 Å². The average molecular weight is 421 g/mol. The molecule has 0 atom stereocenters. The van der Waals surface area contributed by atoms with Gasteiger partial charge in [0, 0.05) is 18.7 Å². The summed E-state index contributed by atoms with van der Waals surface area (Å²) in [6.07, 6.45) is 2.07. The van der Waals surface area contributed by atoms with E-state index in [9.17, 15) is 13.2 Å². The second-order valence-corrected chi connectivity index (χ2v) is 10.2. The van der Waals surface area contributed by atoms with E-state index in [0.29, 0.717) is 12.1 Å². The molecule has 0 saturated carbocycles. The molecule has 28 heavy (non-hydrogen) atoms. The summed E-state index contributed by atoms with van der Waals surface area (Å²) < 4.78 is 27.6. The summed E-state index contributed by atoms with van der Waals surface area (Å²) in [7, 11) is -3.75. The van der Waals surface area contributed by atoms with Crippen molar-refractivity contribution in [2.45, 2.75) is 38.5 Å². The minimum Gasteiger partial charge on any atom is -0.338 e. The van der Waals surface area contributed by atoms with Gasteiger partial charge in [0.15, 0.2) is 0 Å². The first kappa shape index (κ1) is 20.7. The first-order valence-electron chi connectivity index (χ1n) is 9.26. The van der Waals surface area contributed by atoms with Gasteiger partial charge in [0.1, 0.15) is 0 Å². The third kappa shape index (κ3) is 4.67. The smallest absolute Gasteiger partial charge is 0.261 e. The molecule has 0 radical (unpaired) electrons. The number of amides is 1. The highest BCUT2D eigenvalue weighted by molar-refractivity contribution is 7.92. The molecule has 2 aromatic rings. The monoisotopic (exact) mass is 420 g/mol. The Morgan fingerprint density at radius 3 is 2.43 bits per heavy atom. The van der Waals surface area contributed by atoms with Gasteiger partial charge in [0.05, 0.1) is 15.6 Å². The fourth-order valence-electron chi connectivity index (χ4n) is 3.43. The van der Waals surface area contributed by atoms with Gasteiger partial charge in [-0.15, -0.1) is 0 Å². The minimum atomic E-state index is -3.75. The van der Waals surface area contributed by atoms with Gasteiger partial charge in [-0.25, -0.2) is 8.42 Å². The summed E-state index contributed by atoms with van der Waals surface area (Å²) in [5.41, 5.74) is 1.78. The van der Waals surface area contributed by atoms with Gasteiger partial charge in [0.2, 0.25) is 0 Å². The predicted molar refractivity (Wildman–Crippen MR) is 112 cm³/mol. The third-order valence-corrected chi connectivity index (χ3v) is 6.67. The van der Waals surface area contributed by atoms with Crippen molar-refractivity contribution in [3.8, 4) is 0 Å². The van der Waals surface area contributed by atoms with E-state index in [1.165, 1.54) is 12.1 Å². The lowest BCUT2D eigenvalue weighted by molar-refractivity contribution is 0.0583. The molecule has 0 unspecified atom stereocenters. The maximum Gasteiger partial charge on any atom is 0.261 e. The Balaban J connectivity index is 1.79. The van der Waals surface area contributed by atoms with Crippen LogP contribution < -0.4 is 4.72 Å². The number of benzene rings is 2. The van der Waals surface area contributed by atoms with Crippen molar-refractivity contribution in [2.75, 3.05) is 17.8 Å². The van der Waals surface area contributed by atoms with Crippen LogP contribution in [0.25, 0.3) is 0 Å². The van der Waals surface area contributed by atoms with E-state index in [2.05, 4.69) is 18.6 Å². The number of hydrogen-bond donors (Lipinski definition) is 1. The molecule has 0 aliphatic carbocycles. The van der Waals surface area contributed by atoms with Crippen LogP contribution in [0.4, 0.5) is 5.69 Å². The molecule has 5 nitrogen and oxygen atoms in total. The van der Waals surface area contributed by atoms with Gasteiger partial charge in [-0.05, 0) is 55.5 Å². The first-order chi connectivity index (χ1) is 13.1.